The molecule has 21 heavy (non-hydrogen) atoms. The molecule has 0 spiro atoms. The second-order valence-electron chi connectivity index (χ2n) is 5.02. The van der Waals surface area contributed by atoms with E-state index in [1.807, 2.05) is 7.05 Å². The molecule has 3 N–H and O–H groups in total. The largest absolute Gasteiger partial charge is 0.367 e. The lowest BCUT2D eigenvalue weighted by atomic mass is 10.0. The minimum atomic E-state index is -0.396. The molecule has 1 amide bonds. The number of nitrogen functional groups attached to an aromatic ring is 1. The summed E-state index contributed by atoms with van der Waals surface area (Å²) in [5.41, 5.74) is 5.30. The molecule has 0 bridgehead atoms. The van der Waals surface area contributed by atoms with Crippen LogP contribution in [0.2, 0.25) is 0 Å². The predicted molar refractivity (Wildman–Crippen MR) is 76.0 cm³/mol. The Bertz CT molecular complexity index is 679. The van der Waals surface area contributed by atoms with Gasteiger partial charge in [-0.25, -0.2) is 10.2 Å². The van der Waals surface area contributed by atoms with E-state index in [1.54, 1.807) is 16.8 Å². The summed E-state index contributed by atoms with van der Waals surface area (Å²) in [7, 11) is 1.82. The number of fused-ring (bicyclic) bond motifs is 1. The van der Waals surface area contributed by atoms with E-state index in [0.29, 0.717) is 12.2 Å². The Morgan fingerprint density at radius 2 is 2.10 bits per heavy atom. The molecule has 0 atom stereocenters. The van der Waals surface area contributed by atoms with Gasteiger partial charge in [-0.3, -0.25) is 14.9 Å². The fourth-order valence-corrected chi connectivity index (χ4v) is 2.72. The molecule has 1 aliphatic rings. The molecule has 0 aliphatic carbocycles. The average Bonchev–Trinajstić information content (AvgIpc) is 2.84. The van der Waals surface area contributed by atoms with Crippen LogP contribution in [0.25, 0.3) is 0 Å². The zero-order valence-electron chi connectivity index (χ0n) is 11.6. The molecular weight excluding hydrogens is 273 g/mol. The van der Waals surface area contributed by atoms with Crippen LogP contribution in [-0.4, -0.2) is 22.2 Å². The molecular formula is C14H16FN5O. The number of anilines is 1. The van der Waals surface area contributed by atoms with E-state index in [2.05, 4.69) is 15.4 Å². The number of hydrazine groups is 1. The molecule has 0 saturated carbocycles. The van der Waals surface area contributed by atoms with Crippen molar-refractivity contribution in [3.63, 3.8) is 0 Å². The highest BCUT2D eigenvalue weighted by atomic mass is 19.1. The number of nitrogens with zero attached hydrogens (tertiary/aromatic N) is 3. The van der Waals surface area contributed by atoms with Crippen LogP contribution in [0, 0.1) is 5.82 Å². The summed E-state index contributed by atoms with van der Waals surface area (Å²) >= 11 is 0. The maximum Gasteiger partial charge on any atom is 0.286 e. The summed E-state index contributed by atoms with van der Waals surface area (Å²) in [5.74, 6) is 4.55. The van der Waals surface area contributed by atoms with Gasteiger partial charge in [-0.1, -0.05) is 0 Å². The number of hydrogen-bond donors (Lipinski definition) is 2. The number of nitrogens with two attached hydrogens (primary N) is 1. The van der Waals surface area contributed by atoms with Crippen molar-refractivity contribution in [3.8, 4) is 0 Å². The highest BCUT2D eigenvalue weighted by Crippen LogP contribution is 2.26. The van der Waals surface area contributed by atoms with Gasteiger partial charge < -0.3 is 4.90 Å². The van der Waals surface area contributed by atoms with Crippen LogP contribution in [0.4, 0.5) is 10.1 Å². The van der Waals surface area contributed by atoms with Crippen LogP contribution in [0.3, 0.4) is 0 Å². The first-order valence-electron chi connectivity index (χ1n) is 6.66. The van der Waals surface area contributed by atoms with Gasteiger partial charge >= 0.3 is 0 Å². The Labute approximate surface area is 121 Å². The van der Waals surface area contributed by atoms with Gasteiger partial charge in [0, 0.05) is 43.5 Å². The van der Waals surface area contributed by atoms with Crippen LogP contribution < -0.4 is 16.2 Å². The van der Waals surface area contributed by atoms with E-state index >= 15 is 0 Å². The van der Waals surface area contributed by atoms with Crippen molar-refractivity contribution in [1.82, 2.24) is 15.2 Å². The van der Waals surface area contributed by atoms with Crippen molar-refractivity contribution >= 4 is 11.6 Å². The summed E-state index contributed by atoms with van der Waals surface area (Å²) in [6.07, 6.45) is 0.772. The van der Waals surface area contributed by atoms with E-state index in [1.165, 1.54) is 12.1 Å². The summed E-state index contributed by atoms with van der Waals surface area (Å²) in [4.78, 5) is 13.9. The van der Waals surface area contributed by atoms with Gasteiger partial charge in [0.15, 0.2) is 5.69 Å². The highest BCUT2D eigenvalue weighted by molar-refractivity contribution is 5.93. The lowest BCUT2D eigenvalue weighted by Gasteiger charge is -2.29. The maximum atomic E-state index is 13.0. The molecule has 0 saturated heterocycles. The van der Waals surface area contributed by atoms with Crippen molar-refractivity contribution in [2.75, 3.05) is 11.4 Å². The molecule has 0 radical (unpaired) electrons. The van der Waals surface area contributed by atoms with E-state index in [4.69, 9.17) is 5.84 Å². The zero-order valence-corrected chi connectivity index (χ0v) is 11.6. The summed E-state index contributed by atoms with van der Waals surface area (Å²) in [5, 5.41) is 4.24. The number of amides is 1. The van der Waals surface area contributed by atoms with Crippen LogP contribution >= 0.6 is 0 Å². The van der Waals surface area contributed by atoms with Gasteiger partial charge in [-0.15, -0.1) is 0 Å². The van der Waals surface area contributed by atoms with Gasteiger partial charge in [-0.2, -0.15) is 5.10 Å². The predicted octanol–water partition coefficient (Wildman–Crippen LogP) is 0.725. The molecule has 1 aliphatic heterocycles. The van der Waals surface area contributed by atoms with Crippen LogP contribution in [0.15, 0.2) is 24.3 Å². The molecule has 7 heteroatoms. The van der Waals surface area contributed by atoms with Crippen molar-refractivity contribution in [2.24, 2.45) is 12.9 Å². The fourth-order valence-electron chi connectivity index (χ4n) is 2.72. The van der Waals surface area contributed by atoms with Gasteiger partial charge in [-0.05, 0) is 24.3 Å². The number of carbonyl (C=O) groups excluding carboxylic acids is 1. The Hall–Kier alpha value is -2.41. The first-order valence-corrected chi connectivity index (χ1v) is 6.66. The van der Waals surface area contributed by atoms with Crippen molar-refractivity contribution in [1.29, 1.82) is 0 Å². The number of rotatable bonds is 2. The van der Waals surface area contributed by atoms with Crippen molar-refractivity contribution in [2.45, 2.75) is 13.0 Å². The van der Waals surface area contributed by atoms with Crippen LogP contribution in [0.5, 0.6) is 0 Å². The Morgan fingerprint density at radius 1 is 1.38 bits per heavy atom. The number of aromatic nitrogens is 2. The molecule has 2 aromatic rings. The van der Waals surface area contributed by atoms with Crippen molar-refractivity contribution < 1.29 is 9.18 Å². The SMILES string of the molecule is Cn1nc(C(=O)NN)c2c1CCN(c1ccc(F)cc1)C2. The Kier molecular flexibility index (Phi) is 3.34. The molecule has 6 nitrogen and oxygen atoms in total. The summed E-state index contributed by atoms with van der Waals surface area (Å²) in [6, 6.07) is 6.34. The third-order valence-electron chi connectivity index (χ3n) is 3.78. The topological polar surface area (TPSA) is 76.2 Å². The van der Waals surface area contributed by atoms with Crippen LogP contribution in [-0.2, 0) is 20.0 Å². The minimum absolute atomic E-state index is 0.263. The molecule has 110 valence electrons. The second kappa shape index (κ2) is 5.17. The lowest BCUT2D eigenvalue weighted by Crippen LogP contribution is -2.34. The van der Waals surface area contributed by atoms with Crippen LogP contribution in [0.1, 0.15) is 21.7 Å². The first-order chi connectivity index (χ1) is 10.1. The molecule has 2 heterocycles. The van der Waals surface area contributed by atoms with Gasteiger partial charge in [0.05, 0.1) is 0 Å². The maximum absolute atomic E-state index is 13.0. The number of benzene rings is 1. The lowest BCUT2D eigenvalue weighted by molar-refractivity contribution is 0.0947. The van der Waals surface area contributed by atoms with E-state index in [-0.39, 0.29) is 5.82 Å². The first kappa shape index (κ1) is 13.6. The van der Waals surface area contributed by atoms with E-state index < -0.39 is 5.91 Å². The summed E-state index contributed by atoms with van der Waals surface area (Å²) in [6.45, 7) is 1.35. The Morgan fingerprint density at radius 3 is 2.76 bits per heavy atom. The Balaban J connectivity index is 1.94. The van der Waals surface area contributed by atoms with E-state index in [0.717, 1.165) is 29.9 Å². The monoisotopic (exact) mass is 289 g/mol. The third kappa shape index (κ3) is 2.36. The quantitative estimate of drug-likeness (QED) is 0.485. The number of aryl methyl sites for hydroxylation is 1. The average molecular weight is 289 g/mol. The number of nitrogens with one attached hydrogen (secondary N) is 1. The third-order valence-corrected chi connectivity index (χ3v) is 3.78. The molecule has 1 aromatic carbocycles. The number of halogens is 1. The number of carbonyl (C=O) groups is 1. The normalized spacial score (nSPS) is 14.0. The summed E-state index contributed by atoms with van der Waals surface area (Å²) < 4.78 is 14.7. The van der Waals surface area contributed by atoms with E-state index in [9.17, 15) is 9.18 Å². The van der Waals surface area contributed by atoms with Crippen molar-refractivity contribution in [3.05, 3.63) is 47.0 Å². The molecule has 0 unspecified atom stereocenters. The number of hydrogen-bond acceptors (Lipinski definition) is 4. The second-order valence-corrected chi connectivity index (χ2v) is 5.02. The van der Waals surface area contributed by atoms with Gasteiger partial charge in [0.2, 0.25) is 0 Å². The van der Waals surface area contributed by atoms with Gasteiger partial charge in [0.1, 0.15) is 5.82 Å². The smallest absolute Gasteiger partial charge is 0.286 e. The standard InChI is InChI=1S/C14H16FN5O/c1-19-12-6-7-20(10-4-2-9(15)3-5-10)8-11(12)13(18-19)14(21)17-16/h2-5H,6-8,16H2,1H3,(H,17,21). The highest BCUT2D eigenvalue weighted by Gasteiger charge is 2.27. The molecule has 3 rings (SSSR count). The molecule has 1 aromatic heterocycles. The molecule has 0 fully saturated rings. The van der Waals surface area contributed by atoms with Gasteiger partial charge in [0.25, 0.3) is 5.91 Å². The minimum Gasteiger partial charge on any atom is -0.367 e. The zero-order chi connectivity index (χ0) is 15.0. The fraction of sp³-hybridized carbons (Fsp3) is 0.286.